The van der Waals surface area contributed by atoms with E-state index < -0.39 is 0 Å². The van der Waals surface area contributed by atoms with Gasteiger partial charge in [0.25, 0.3) is 0 Å². The van der Waals surface area contributed by atoms with E-state index in [1.54, 1.807) is 4.68 Å². The molecule has 0 aliphatic carbocycles. The van der Waals surface area contributed by atoms with Crippen molar-refractivity contribution in [3.05, 3.63) is 47.8 Å². The fraction of sp³-hybridized carbons (Fsp3) is 0.235. The summed E-state index contributed by atoms with van der Waals surface area (Å²) < 4.78 is 1.66. The Balaban J connectivity index is 1.74. The molecule has 6 nitrogen and oxygen atoms in total. The number of amides is 1. The van der Waals surface area contributed by atoms with Crippen molar-refractivity contribution in [3.8, 4) is 6.07 Å². The molecule has 2 aromatic heterocycles. The van der Waals surface area contributed by atoms with Crippen molar-refractivity contribution in [3.63, 3.8) is 0 Å². The highest BCUT2D eigenvalue weighted by Gasteiger charge is 2.12. The van der Waals surface area contributed by atoms with Gasteiger partial charge in [-0.1, -0.05) is 18.2 Å². The molecule has 0 saturated carbocycles. The number of fused-ring (bicyclic) bond motifs is 1. The molecule has 1 amide bonds. The van der Waals surface area contributed by atoms with E-state index in [9.17, 15) is 4.79 Å². The standard InChI is InChI=1S/C17H17N5O/c1-12-9-16(22(21-12)8-4-7-18)20-17(23)10-13-11-19-15-6-3-2-5-14(13)15/h2-3,5-6,9,11,19H,4,8,10H2,1H3,(H,20,23). The van der Waals surface area contributed by atoms with Gasteiger partial charge in [0.1, 0.15) is 5.82 Å². The zero-order chi connectivity index (χ0) is 16.2. The Kier molecular flexibility index (Phi) is 4.11. The number of aromatic nitrogens is 3. The number of aromatic amines is 1. The molecule has 3 rings (SSSR count). The van der Waals surface area contributed by atoms with Crippen molar-refractivity contribution in [1.82, 2.24) is 14.8 Å². The topological polar surface area (TPSA) is 86.5 Å². The van der Waals surface area contributed by atoms with Crippen molar-refractivity contribution in [2.24, 2.45) is 0 Å². The van der Waals surface area contributed by atoms with Crippen LogP contribution >= 0.6 is 0 Å². The number of nitrogens with one attached hydrogen (secondary N) is 2. The molecule has 1 aromatic carbocycles. The van der Waals surface area contributed by atoms with Crippen LogP contribution in [-0.4, -0.2) is 20.7 Å². The second-order valence-electron chi connectivity index (χ2n) is 5.39. The molecule has 0 bridgehead atoms. The third kappa shape index (κ3) is 3.24. The minimum atomic E-state index is -0.104. The summed E-state index contributed by atoms with van der Waals surface area (Å²) in [6, 6.07) is 11.8. The largest absolute Gasteiger partial charge is 0.361 e. The Hall–Kier alpha value is -3.07. The monoisotopic (exact) mass is 307 g/mol. The molecule has 6 heteroatoms. The van der Waals surface area contributed by atoms with E-state index in [-0.39, 0.29) is 12.3 Å². The normalized spacial score (nSPS) is 10.6. The fourth-order valence-electron chi connectivity index (χ4n) is 2.61. The maximum absolute atomic E-state index is 12.3. The summed E-state index contributed by atoms with van der Waals surface area (Å²) >= 11 is 0. The van der Waals surface area contributed by atoms with Crippen LogP contribution in [-0.2, 0) is 17.8 Å². The SMILES string of the molecule is Cc1cc(NC(=O)Cc2c[nH]c3ccccc23)n(CCC#N)n1. The first-order valence-electron chi connectivity index (χ1n) is 7.43. The van der Waals surface area contributed by atoms with Gasteiger partial charge in [0.05, 0.1) is 31.1 Å². The van der Waals surface area contributed by atoms with Crippen LogP contribution in [0, 0.1) is 18.3 Å². The number of hydrogen-bond donors (Lipinski definition) is 2. The van der Waals surface area contributed by atoms with Gasteiger partial charge in [-0.25, -0.2) is 4.68 Å². The summed E-state index contributed by atoms with van der Waals surface area (Å²) in [5, 5.41) is 16.9. The predicted molar refractivity (Wildman–Crippen MR) is 87.8 cm³/mol. The Morgan fingerprint density at radius 1 is 1.43 bits per heavy atom. The molecule has 0 spiro atoms. The van der Waals surface area contributed by atoms with Crippen LogP contribution in [0.25, 0.3) is 10.9 Å². The first-order chi connectivity index (χ1) is 11.2. The van der Waals surface area contributed by atoms with Gasteiger partial charge in [-0.2, -0.15) is 10.4 Å². The van der Waals surface area contributed by atoms with Gasteiger partial charge < -0.3 is 10.3 Å². The van der Waals surface area contributed by atoms with Crippen molar-refractivity contribution >= 4 is 22.6 Å². The van der Waals surface area contributed by atoms with Crippen LogP contribution < -0.4 is 5.32 Å². The van der Waals surface area contributed by atoms with Crippen LogP contribution in [0.5, 0.6) is 0 Å². The third-order valence-corrected chi connectivity index (χ3v) is 3.63. The Bertz CT molecular complexity index is 884. The van der Waals surface area contributed by atoms with Gasteiger partial charge in [0.2, 0.25) is 5.91 Å². The number of carbonyl (C=O) groups excluding carboxylic acids is 1. The van der Waals surface area contributed by atoms with E-state index >= 15 is 0 Å². The van der Waals surface area contributed by atoms with E-state index in [0.717, 1.165) is 22.2 Å². The molecule has 2 heterocycles. The van der Waals surface area contributed by atoms with Gasteiger partial charge in [-0.3, -0.25) is 4.79 Å². The number of aryl methyl sites for hydroxylation is 2. The van der Waals surface area contributed by atoms with E-state index in [1.165, 1.54) is 0 Å². The van der Waals surface area contributed by atoms with Crippen LogP contribution in [0.15, 0.2) is 36.5 Å². The van der Waals surface area contributed by atoms with E-state index in [0.29, 0.717) is 18.8 Å². The number of H-pyrrole nitrogens is 1. The zero-order valence-electron chi connectivity index (χ0n) is 12.8. The van der Waals surface area contributed by atoms with Crippen LogP contribution in [0.3, 0.4) is 0 Å². The summed E-state index contributed by atoms with van der Waals surface area (Å²) in [7, 11) is 0. The average molecular weight is 307 g/mol. The highest BCUT2D eigenvalue weighted by atomic mass is 16.1. The Morgan fingerprint density at radius 3 is 3.09 bits per heavy atom. The first-order valence-corrected chi connectivity index (χ1v) is 7.43. The quantitative estimate of drug-likeness (QED) is 0.760. The molecule has 0 fully saturated rings. The second-order valence-corrected chi connectivity index (χ2v) is 5.39. The fourth-order valence-corrected chi connectivity index (χ4v) is 2.61. The molecule has 0 radical (unpaired) electrons. The van der Waals surface area contributed by atoms with Crippen molar-refractivity contribution < 1.29 is 4.79 Å². The number of para-hydroxylation sites is 1. The summed E-state index contributed by atoms with van der Waals surface area (Å²) in [5.74, 6) is 0.524. The summed E-state index contributed by atoms with van der Waals surface area (Å²) in [6.45, 7) is 2.32. The molecular weight excluding hydrogens is 290 g/mol. The van der Waals surface area contributed by atoms with Gasteiger partial charge in [0, 0.05) is 23.2 Å². The lowest BCUT2D eigenvalue weighted by Crippen LogP contribution is -2.17. The number of carbonyl (C=O) groups is 1. The van der Waals surface area contributed by atoms with Gasteiger partial charge in [0.15, 0.2) is 0 Å². The minimum absolute atomic E-state index is 0.104. The lowest BCUT2D eigenvalue weighted by molar-refractivity contribution is -0.115. The van der Waals surface area contributed by atoms with Crippen molar-refractivity contribution in [1.29, 1.82) is 5.26 Å². The molecule has 23 heavy (non-hydrogen) atoms. The molecule has 0 saturated heterocycles. The Labute approximate surface area is 133 Å². The molecule has 3 aromatic rings. The lowest BCUT2D eigenvalue weighted by atomic mass is 10.1. The van der Waals surface area contributed by atoms with Gasteiger partial charge >= 0.3 is 0 Å². The number of anilines is 1. The summed E-state index contributed by atoms with van der Waals surface area (Å²) in [4.78, 5) is 15.5. The van der Waals surface area contributed by atoms with E-state index in [2.05, 4.69) is 21.5 Å². The average Bonchev–Trinajstić information content (AvgIpc) is 3.09. The van der Waals surface area contributed by atoms with Crippen LogP contribution in [0.1, 0.15) is 17.7 Å². The number of nitrogens with zero attached hydrogens (tertiary/aromatic N) is 3. The van der Waals surface area contributed by atoms with Crippen LogP contribution in [0.4, 0.5) is 5.82 Å². The molecule has 0 aliphatic rings. The third-order valence-electron chi connectivity index (χ3n) is 3.63. The second kappa shape index (κ2) is 6.36. The van der Waals surface area contributed by atoms with Crippen LogP contribution in [0.2, 0.25) is 0 Å². The van der Waals surface area contributed by atoms with Gasteiger partial charge in [-0.05, 0) is 18.6 Å². The number of nitriles is 1. The first kappa shape index (κ1) is 14.9. The number of rotatable bonds is 5. The van der Waals surface area contributed by atoms with Crippen molar-refractivity contribution in [2.75, 3.05) is 5.32 Å². The molecule has 0 atom stereocenters. The maximum atomic E-state index is 12.3. The summed E-state index contributed by atoms with van der Waals surface area (Å²) in [6.07, 6.45) is 2.50. The highest BCUT2D eigenvalue weighted by molar-refractivity contribution is 5.95. The van der Waals surface area contributed by atoms with Crippen molar-refractivity contribution in [2.45, 2.75) is 26.3 Å². The van der Waals surface area contributed by atoms with E-state index in [1.807, 2.05) is 43.5 Å². The summed E-state index contributed by atoms with van der Waals surface area (Å²) in [5.41, 5.74) is 2.79. The molecule has 0 unspecified atom stereocenters. The molecule has 2 N–H and O–H groups in total. The number of hydrogen-bond acceptors (Lipinski definition) is 3. The van der Waals surface area contributed by atoms with E-state index in [4.69, 9.17) is 5.26 Å². The smallest absolute Gasteiger partial charge is 0.230 e. The number of benzene rings is 1. The van der Waals surface area contributed by atoms with Gasteiger partial charge in [-0.15, -0.1) is 0 Å². The Morgan fingerprint density at radius 2 is 2.26 bits per heavy atom. The minimum Gasteiger partial charge on any atom is -0.361 e. The highest BCUT2D eigenvalue weighted by Crippen LogP contribution is 2.19. The lowest BCUT2D eigenvalue weighted by Gasteiger charge is -2.07. The maximum Gasteiger partial charge on any atom is 0.230 e. The predicted octanol–water partition coefficient (Wildman–Crippen LogP) is 2.77. The zero-order valence-corrected chi connectivity index (χ0v) is 12.8. The molecule has 0 aliphatic heterocycles. The molecule has 116 valence electrons. The molecular formula is C17H17N5O.